The molecule has 19 heavy (non-hydrogen) atoms. The molecule has 0 spiro atoms. The van der Waals surface area contributed by atoms with Gasteiger partial charge >= 0.3 is 5.97 Å². The van der Waals surface area contributed by atoms with Crippen molar-refractivity contribution in [3.63, 3.8) is 0 Å². The molecule has 0 radical (unpaired) electrons. The summed E-state index contributed by atoms with van der Waals surface area (Å²) in [6.07, 6.45) is 4.21. The highest BCUT2D eigenvalue weighted by molar-refractivity contribution is 5.86. The molecule has 0 heterocycles. The SMILES string of the molecule is C=CC(C)=O.C=COC(C)=O.C=Cc1ccccc1. The van der Waals surface area contributed by atoms with E-state index in [9.17, 15) is 9.59 Å². The average molecular weight is 260 g/mol. The molecular formula is C16H20O3. The summed E-state index contributed by atoms with van der Waals surface area (Å²) in [6.45, 7) is 12.8. The molecule has 0 atom stereocenters. The standard InChI is InChI=1S/C8H8.C4H6O2.C4H6O/c1-2-8-6-4-3-5-7-8;1-3-6-4(2)5;1-3-4(2)5/h2-7H,1H2;3H,1H2,2H3;3H,1H2,2H3. The van der Waals surface area contributed by atoms with Crippen LogP contribution in [0.25, 0.3) is 6.08 Å². The number of ketones is 1. The van der Waals surface area contributed by atoms with Crippen LogP contribution in [0.15, 0.2) is 62.4 Å². The first kappa shape index (κ1) is 18.9. The fraction of sp³-hybridized carbons (Fsp3) is 0.125. The Kier molecular flexibility index (Phi) is 13.6. The molecule has 0 amide bonds. The van der Waals surface area contributed by atoms with Gasteiger partial charge in [0, 0.05) is 6.92 Å². The number of ether oxygens (including phenoxy) is 1. The Morgan fingerprint density at radius 2 is 1.53 bits per heavy atom. The smallest absolute Gasteiger partial charge is 0.307 e. The molecule has 0 aliphatic carbocycles. The van der Waals surface area contributed by atoms with Gasteiger partial charge in [-0.2, -0.15) is 0 Å². The first-order valence-corrected chi connectivity index (χ1v) is 5.56. The maximum Gasteiger partial charge on any atom is 0.307 e. The third kappa shape index (κ3) is 18.2. The molecule has 0 unspecified atom stereocenters. The molecule has 0 saturated heterocycles. The average Bonchev–Trinajstić information content (AvgIpc) is 2.41. The van der Waals surface area contributed by atoms with Crippen LogP contribution in [0.2, 0.25) is 0 Å². The maximum atomic E-state index is 9.75. The Hall–Kier alpha value is -2.42. The molecule has 0 aliphatic rings. The normalized spacial score (nSPS) is 7.47. The summed E-state index contributed by atoms with van der Waals surface area (Å²) < 4.78 is 4.17. The molecule has 3 heteroatoms. The number of carbonyl (C=O) groups is 2. The van der Waals surface area contributed by atoms with Crippen LogP contribution >= 0.6 is 0 Å². The van der Waals surface area contributed by atoms with Crippen LogP contribution in [0, 0.1) is 0 Å². The van der Waals surface area contributed by atoms with Gasteiger partial charge in [-0.15, -0.1) is 0 Å². The molecule has 102 valence electrons. The monoisotopic (exact) mass is 260 g/mol. The molecule has 0 fully saturated rings. The third-order valence-electron chi connectivity index (χ3n) is 1.57. The van der Waals surface area contributed by atoms with Gasteiger partial charge in [0.15, 0.2) is 5.78 Å². The molecule has 1 aromatic carbocycles. The molecule has 0 bridgehead atoms. The lowest BCUT2D eigenvalue weighted by Crippen LogP contribution is -1.87. The second-order valence-corrected chi connectivity index (χ2v) is 3.21. The second kappa shape index (κ2) is 13.6. The van der Waals surface area contributed by atoms with Gasteiger partial charge in [-0.05, 0) is 18.6 Å². The van der Waals surface area contributed by atoms with Crippen molar-refractivity contribution in [2.45, 2.75) is 13.8 Å². The molecule has 0 saturated carbocycles. The number of allylic oxidation sites excluding steroid dienone is 1. The fourth-order valence-corrected chi connectivity index (χ4v) is 0.706. The van der Waals surface area contributed by atoms with E-state index in [0.717, 1.165) is 6.26 Å². The van der Waals surface area contributed by atoms with Gasteiger partial charge in [-0.3, -0.25) is 9.59 Å². The Balaban J connectivity index is 0. The number of benzene rings is 1. The highest BCUT2D eigenvalue weighted by Gasteiger charge is 1.79. The van der Waals surface area contributed by atoms with Crippen molar-refractivity contribution in [2.75, 3.05) is 0 Å². The maximum absolute atomic E-state index is 9.75. The summed E-state index contributed by atoms with van der Waals surface area (Å²) in [7, 11) is 0. The fourth-order valence-electron chi connectivity index (χ4n) is 0.706. The van der Waals surface area contributed by atoms with E-state index >= 15 is 0 Å². The number of hydrogen-bond donors (Lipinski definition) is 0. The van der Waals surface area contributed by atoms with Crippen LogP contribution in [0.1, 0.15) is 19.4 Å². The number of esters is 1. The van der Waals surface area contributed by atoms with E-state index in [2.05, 4.69) is 24.5 Å². The largest absolute Gasteiger partial charge is 0.435 e. The molecule has 0 aliphatic heterocycles. The minimum absolute atomic E-state index is 0.0185. The zero-order valence-corrected chi connectivity index (χ0v) is 11.5. The molecule has 1 rings (SSSR count). The topological polar surface area (TPSA) is 43.4 Å². The van der Waals surface area contributed by atoms with Crippen molar-refractivity contribution in [1.82, 2.24) is 0 Å². The van der Waals surface area contributed by atoms with Gasteiger partial charge in [0.05, 0.1) is 6.26 Å². The minimum Gasteiger partial charge on any atom is -0.435 e. The lowest BCUT2D eigenvalue weighted by molar-refractivity contribution is -0.135. The van der Waals surface area contributed by atoms with Crippen molar-refractivity contribution in [3.8, 4) is 0 Å². The van der Waals surface area contributed by atoms with E-state index in [-0.39, 0.29) is 11.8 Å². The van der Waals surface area contributed by atoms with Crippen molar-refractivity contribution in [3.05, 3.63) is 68.0 Å². The number of hydrogen-bond acceptors (Lipinski definition) is 3. The molecule has 3 nitrogen and oxygen atoms in total. The lowest BCUT2D eigenvalue weighted by atomic mass is 10.2. The van der Waals surface area contributed by atoms with Crippen LogP contribution in [0.5, 0.6) is 0 Å². The number of carbonyl (C=O) groups excluding carboxylic acids is 2. The van der Waals surface area contributed by atoms with Gasteiger partial charge in [-0.25, -0.2) is 0 Å². The predicted molar refractivity (Wildman–Crippen MR) is 79.4 cm³/mol. The van der Waals surface area contributed by atoms with Crippen LogP contribution < -0.4 is 0 Å². The predicted octanol–water partition coefficient (Wildman–Crippen LogP) is 3.78. The van der Waals surface area contributed by atoms with E-state index in [1.807, 2.05) is 36.4 Å². The Morgan fingerprint density at radius 1 is 1.05 bits per heavy atom. The second-order valence-electron chi connectivity index (χ2n) is 3.21. The summed E-state index contributed by atoms with van der Waals surface area (Å²) in [5, 5.41) is 0. The molecule has 0 N–H and O–H groups in total. The van der Waals surface area contributed by atoms with Crippen LogP contribution in [-0.4, -0.2) is 11.8 Å². The van der Waals surface area contributed by atoms with Gasteiger partial charge in [0.25, 0.3) is 0 Å². The van der Waals surface area contributed by atoms with Gasteiger partial charge < -0.3 is 4.74 Å². The summed E-state index contributed by atoms with van der Waals surface area (Å²) >= 11 is 0. The first-order chi connectivity index (χ1) is 8.97. The highest BCUT2D eigenvalue weighted by atomic mass is 16.5. The van der Waals surface area contributed by atoms with E-state index in [1.54, 1.807) is 0 Å². The van der Waals surface area contributed by atoms with E-state index < -0.39 is 0 Å². The first-order valence-electron chi connectivity index (χ1n) is 5.56. The minimum atomic E-state index is -0.329. The van der Waals surface area contributed by atoms with Gasteiger partial charge in [0.1, 0.15) is 0 Å². The van der Waals surface area contributed by atoms with Crippen molar-refractivity contribution in [1.29, 1.82) is 0 Å². The third-order valence-corrected chi connectivity index (χ3v) is 1.57. The van der Waals surface area contributed by atoms with Crippen LogP contribution in [0.3, 0.4) is 0 Å². The summed E-state index contributed by atoms with van der Waals surface area (Å²) in [6, 6.07) is 10.0. The van der Waals surface area contributed by atoms with Crippen LogP contribution in [0.4, 0.5) is 0 Å². The van der Waals surface area contributed by atoms with Crippen LogP contribution in [-0.2, 0) is 14.3 Å². The molecular weight excluding hydrogens is 240 g/mol. The summed E-state index contributed by atoms with van der Waals surface area (Å²) in [5.74, 6) is -0.310. The van der Waals surface area contributed by atoms with E-state index in [1.165, 1.54) is 25.5 Å². The van der Waals surface area contributed by atoms with Crippen molar-refractivity contribution in [2.24, 2.45) is 0 Å². The Morgan fingerprint density at radius 3 is 1.68 bits per heavy atom. The molecule has 0 aromatic heterocycles. The quantitative estimate of drug-likeness (QED) is 0.472. The molecule has 1 aromatic rings. The summed E-state index contributed by atoms with van der Waals surface area (Å²) in [4.78, 5) is 19.4. The Bertz CT molecular complexity index is 405. The van der Waals surface area contributed by atoms with Crippen molar-refractivity contribution < 1.29 is 14.3 Å². The highest BCUT2D eigenvalue weighted by Crippen LogP contribution is 1.97. The number of rotatable bonds is 3. The van der Waals surface area contributed by atoms with E-state index in [4.69, 9.17) is 0 Å². The zero-order chi connectivity index (χ0) is 15.1. The zero-order valence-electron chi connectivity index (χ0n) is 11.5. The van der Waals surface area contributed by atoms with Gasteiger partial charge in [0.2, 0.25) is 0 Å². The Labute approximate surface area is 114 Å². The van der Waals surface area contributed by atoms with E-state index in [0.29, 0.717) is 0 Å². The van der Waals surface area contributed by atoms with Gasteiger partial charge in [-0.1, -0.05) is 56.1 Å². The van der Waals surface area contributed by atoms with Crippen molar-refractivity contribution >= 4 is 17.8 Å². The summed E-state index contributed by atoms with van der Waals surface area (Å²) in [5.41, 5.74) is 1.17. The lowest BCUT2D eigenvalue weighted by Gasteiger charge is -1.85.